The monoisotopic (exact) mass is 287 g/mol. The van der Waals surface area contributed by atoms with Gasteiger partial charge in [0, 0.05) is 31.7 Å². The highest BCUT2D eigenvalue weighted by Gasteiger charge is 2.14. The summed E-state index contributed by atoms with van der Waals surface area (Å²) < 4.78 is 7.44. The normalized spacial score (nSPS) is 18.2. The number of ether oxygens (including phenoxy) is 1. The average Bonchev–Trinajstić information content (AvgIpc) is 3.17. The highest BCUT2D eigenvalue weighted by molar-refractivity contribution is 5.94. The maximum Gasteiger partial charge on any atom is 0.252 e. The van der Waals surface area contributed by atoms with Crippen LogP contribution in [0.25, 0.3) is 5.65 Å². The summed E-state index contributed by atoms with van der Waals surface area (Å²) in [4.78, 5) is 16.2. The molecule has 1 aliphatic rings. The minimum absolute atomic E-state index is 0.0253. The number of aromatic nitrogens is 2. The van der Waals surface area contributed by atoms with Gasteiger partial charge in [0.2, 0.25) is 0 Å². The lowest BCUT2D eigenvalue weighted by atomic mass is 10.1. The van der Waals surface area contributed by atoms with E-state index in [1.165, 1.54) is 12.8 Å². The van der Waals surface area contributed by atoms with Gasteiger partial charge < -0.3 is 14.5 Å². The van der Waals surface area contributed by atoms with Crippen molar-refractivity contribution in [3.8, 4) is 0 Å². The number of hydrogen-bond donors (Lipinski definition) is 1. The second-order valence-corrected chi connectivity index (χ2v) is 5.50. The van der Waals surface area contributed by atoms with Crippen molar-refractivity contribution >= 4 is 11.6 Å². The Bertz CT molecular complexity index is 602. The first-order valence-electron chi connectivity index (χ1n) is 7.65. The molecule has 1 N–H and O–H groups in total. The molecule has 1 aliphatic heterocycles. The van der Waals surface area contributed by atoms with Crippen molar-refractivity contribution in [1.82, 2.24) is 14.7 Å². The van der Waals surface area contributed by atoms with Gasteiger partial charge in [-0.1, -0.05) is 0 Å². The van der Waals surface area contributed by atoms with Crippen molar-refractivity contribution in [3.05, 3.63) is 36.3 Å². The Hall–Kier alpha value is -1.88. The van der Waals surface area contributed by atoms with Crippen molar-refractivity contribution in [3.63, 3.8) is 0 Å². The average molecular weight is 287 g/mol. The number of nitrogens with zero attached hydrogens (tertiary/aromatic N) is 2. The maximum absolute atomic E-state index is 12.1. The molecular formula is C16H21N3O2. The van der Waals surface area contributed by atoms with Gasteiger partial charge in [-0.05, 0) is 44.2 Å². The molecule has 5 heteroatoms. The van der Waals surface area contributed by atoms with Crippen molar-refractivity contribution in [2.75, 3.05) is 13.2 Å². The van der Waals surface area contributed by atoms with Gasteiger partial charge in [-0.2, -0.15) is 0 Å². The molecule has 112 valence electrons. The van der Waals surface area contributed by atoms with Gasteiger partial charge in [0.1, 0.15) is 5.65 Å². The zero-order valence-electron chi connectivity index (χ0n) is 12.1. The molecule has 21 heavy (non-hydrogen) atoms. The highest BCUT2D eigenvalue weighted by atomic mass is 16.5. The molecule has 0 saturated carbocycles. The Morgan fingerprint density at radius 1 is 1.43 bits per heavy atom. The van der Waals surface area contributed by atoms with Gasteiger partial charge in [-0.3, -0.25) is 4.79 Å². The highest BCUT2D eigenvalue weighted by Crippen LogP contribution is 2.17. The van der Waals surface area contributed by atoms with E-state index in [4.69, 9.17) is 4.74 Å². The van der Waals surface area contributed by atoms with Gasteiger partial charge in [-0.15, -0.1) is 0 Å². The van der Waals surface area contributed by atoms with Gasteiger partial charge >= 0.3 is 0 Å². The SMILES string of the molecule is O=C(NCCCC[C@@H]1CCCO1)c1ccc2nccn2c1. The lowest BCUT2D eigenvalue weighted by Gasteiger charge is -2.09. The van der Waals surface area contributed by atoms with Crippen LogP contribution in [-0.4, -0.2) is 34.5 Å². The van der Waals surface area contributed by atoms with Gasteiger partial charge in [0.15, 0.2) is 0 Å². The third kappa shape index (κ3) is 3.61. The molecule has 0 unspecified atom stereocenters. The summed E-state index contributed by atoms with van der Waals surface area (Å²) in [5.41, 5.74) is 1.52. The zero-order valence-corrected chi connectivity index (χ0v) is 12.1. The van der Waals surface area contributed by atoms with Gasteiger partial charge in [-0.25, -0.2) is 4.98 Å². The number of fused-ring (bicyclic) bond motifs is 1. The fourth-order valence-corrected chi connectivity index (χ4v) is 2.73. The summed E-state index contributed by atoms with van der Waals surface area (Å²) in [6, 6.07) is 3.66. The molecular weight excluding hydrogens is 266 g/mol. The summed E-state index contributed by atoms with van der Waals surface area (Å²) in [6.45, 7) is 1.63. The number of amides is 1. The molecule has 3 heterocycles. The molecule has 2 aromatic rings. The molecule has 1 saturated heterocycles. The Morgan fingerprint density at radius 2 is 2.38 bits per heavy atom. The first kappa shape index (κ1) is 14.1. The second-order valence-electron chi connectivity index (χ2n) is 5.50. The number of carbonyl (C=O) groups excluding carboxylic acids is 1. The Labute approximate surface area is 124 Å². The molecule has 0 bridgehead atoms. The van der Waals surface area contributed by atoms with E-state index in [-0.39, 0.29) is 5.91 Å². The fourth-order valence-electron chi connectivity index (χ4n) is 2.73. The number of pyridine rings is 1. The van der Waals surface area contributed by atoms with Crippen molar-refractivity contribution < 1.29 is 9.53 Å². The minimum atomic E-state index is -0.0253. The first-order valence-corrected chi connectivity index (χ1v) is 7.65. The summed E-state index contributed by atoms with van der Waals surface area (Å²) in [7, 11) is 0. The lowest BCUT2D eigenvalue weighted by Crippen LogP contribution is -2.24. The van der Waals surface area contributed by atoms with E-state index in [0.29, 0.717) is 18.2 Å². The molecule has 2 aromatic heterocycles. The van der Waals surface area contributed by atoms with Crippen LogP contribution in [0.2, 0.25) is 0 Å². The number of unbranched alkanes of at least 4 members (excludes halogenated alkanes) is 1. The van der Waals surface area contributed by atoms with E-state index in [2.05, 4.69) is 10.3 Å². The van der Waals surface area contributed by atoms with Crippen LogP contribution < -0.4 is 5.32 Å². The predicted molar refractivity (Wildman–Crippen MR) is 80.4 cm³/mol. The molecule has 0 radical (unpaired) electrons. The summed E-state index contributed by atoms with van der Waals surface area (Å²) in [5, 5.41) is 2.97. The molecule has 1 atom stereocenters. The Balaban J connectivity index is 1.41. The Morgan fingerprint density at radius 3 is 3.24 bits per heavy atom. The zero-order chi connectivity index (χ0) is 14.5. The molecule has 1 fully saturated rings. The molecule has 0 aliphatic carbocycles. The van der Waals surface area contributed by atoms with E-state index in [9.17, 15) is 4.79 Å². The Kier molecular flexibility index (Phi) is 4.50. The number of hydrogen-bond acceptors (Lipinski definition) is 3. The standard InChI is InChI=1S/C16H21N3O2/c20-16(13-6-7-15-17-9-10-19(15)12-13)18-8-2-1-4-14-5-3-11-21-14/h6-7,9-10,12,14H,1-5,8,11H2,(H,18,20)/t14-/m1/s1. The first-order chi connectivity index (χ1) is 10.3. The minimum Gasteiger partial charge on any atom is -0.378 e. The van der Waals surface area contributed by atoms with E-state index < -0.39 is 0 Å². The van der Waals surface area contributed by atoms with Crippen LogP contribution >= 0.6 is 0 Å². The molecule has 1 amide bonds. The number of imidazole rings is 1. The van der Waals surface area contributed by atoms with Crippen molar-refractivity contribution in [2.24, 2.45) is 0 Å². The van der Waals surface area contributed by atoms with E-state index >= 15 is 0 Å². The van der Waals surface area contributed by atoms with Crippen molar-refractivity contribution in [1.29, 1.82) is 0 Å². The van der Waals surface area contributed by atoms with Gasteiger partial charge in [0.25, 0.3) is 5.91 Å². The van der Waals surface area contributed by atoms with Crippen LogP contribution in [0, 0.1) is 0 Å². The summed E-state index contributed by atoms with van der Waals surface area (Å²) >= 11 is 0. The maximum atomic E-state index is 12.1. The summed E-state index contributed by atoms with van der Waals surface area (Å²) in [5.74, 6) is -0.0253. The summed E-state index contributed by atoms with van der Waals surface area (Å²) in [6.07, 6.45) is 11.4. The smallest absolute Gasteiger partial charge is 0.252 e. The third-order valence-corrected chi connectivity index (χ3v) is 3.91. The van der Waals surface area contributed by atoms with E-state index in [1.807, 2.05) is 28.9 Å². The number of rotatable bonds is 6. The molecule has 0 aromatic carbocycles. The topological polar surface area (TPSA) is 55.6 Å². The third-order valence-electron chi connectivity index (χ3n) is 3.91. The van der Waals surface area contributed by atoms with Gasteiger partial charge in [0.05, 0.1) is 11.7 Å². The predicted octanol–water partition coefficient (Wildman–Crippen LogP) is 2.41. The number of nitrogens with one attached hydrogen (secondary N) is 1. The lowest BCUT2D eigenvalue weighted by molar-refractivity contribution is 0.0946. The fraction of sp³-hybridized carbons (Fsp3) is 0.500. The van der Waals surface area contributed by atoms with Crippen molar-refractivity contribution in [2.45, 2.75) is 38.2 Å². The largest absolute Gasteiger partial charge is 0.378 e. The molecule has 3 rings (SSSR count). The van der Waals surface area contributed by atoms with Crippen LogP contribution in [-0.2, 0) is 4.74 Å². The van der Waals surface area contributed by atoms with Crippen LogP contribution in [0.5, 0.6) is 0 Å². The van der Waals surface area contributed by atoms with Crippen LogP contribution in [0.1, 0.15) is 42.5 Å². The quantitative estimate of drug-likeness (QED) is 0.830. The van der Waals surface area contributed by atoms with Crippen LogP contribution in [0.4, 0.5) is 0 Å². The molecule has 0 spiro atoms. The second kappa shape index (κ2) is 6.72. The van der Waals surface area contributed by atoms with Crippen LogP contribution in [0.15, 0.2) is 30.7 Å². The molecule has 5 nitrogen and oxygen atoms in total. The number of carbonyl (C=O) groups is 1. The van der Waals surface area contributed by atoms with E-state index in [1.54, 1.807) is 6.20 Å². The van der Waals surface area contributed by atoms with E-state index in [0.717, 1.165) is 31.5 Å². The van der Waals surface area contributed by atoms with Crippen LogP contribution in [0.3, 0.4) is 0 Å².